The maximum atomic E-state index is 6.15. The van der Waals surface area contributed by atoms with Crippen molar-refractivity contribution in [2.75, 3.05) is 0 Å². The molecule has 0 bridgehead atoms. The van der Waals surface area contributed by atoms with Gasteiger partial charge in [-0.05, 0) is 24.6 Å². The van der Waals surface area contributed by atoms with Crippen molar-refractivity contribution in [1.82, 2.24) is 19.7 Å². The predicted molar refractivity (Wildman–Crippen MR) is 84.5 cm³/mol. The molecule has 21 heavy (non-hydrogen) atoms. The summed E-state index contributed by atoms with van der Waals surface area (Å²) in [5.41, 5.74) is 1.74. The van der Waals surface area contributed by atoms with E-state index in [4.69, 9.17) is 16.3 Å². The predicted octanol–water partition coefficient (Wildman–Crippen LogP) is 3.67. The van der Waals surface area contributed by atoms with Crippen LogP contribution < -0.4 is 4.74 Å². The van der Waals surface area contributed by atoms with Crippen molar-refractivity contribution >= 4 is 38.6 Å². The van der Waals surface area contributed by atoms with Gasteiger partial charge in [0.05, 0.1) is 11.6 Å². The normalized spacial score (nSPS) is 11.0. The second-order valence-corrected chi connectivity index (χ2v) is 5.91. The summed E-state index contributed by atoms with van der Waals surface area (Å²) in [6, 6.07) is 5.87. The summed E-state index contributed by atoms with van der Waals surface area (Å²) in [5.74, 6) is 1.31. The van der Waals surface area contributed by atoms with Crippen LogP contribution >= 0.6 is 27.5 Å². The number of ether oxygens (including phenoxy) is 1. The second-order valence-electron chi connectivity index (χ2n) is 4.63. The lowest BCUT2D eigenvalue weighted by Crippen LogP contribution is -2.04. The molecule has 2 aromatic heterocycles. The van der Waals surface area contributed by atoms with Crippen molar-refractivity contribution in [3.8, 4) is 5.75 Å². The Kier molecular flexibility index (Phi) is 3.82. The van der Waals surface area contributed by atoms with Crippen LogP contribution in [0.25, 0.3) is 11.0 Å². The maximum absolute atomic E-state index is 6.15. The van der Waals surface area contributed by atoms with Gasteiger partial charge in [-0.25, -0.2) is 9.97 Å². The third-order valence-electron chi connectivity index (χ3n) is 3.10. The lowest BCUT2D eigenvalue weighted by Gasteiger charge is -2.09. The molecule has 5 nitrogen and oxygen atoms in total. The van der Waals surface area contributed by atoms with Crippen molar-refractivity contribution in [3.63, 3.8) is 0 Å². The first kappa shape index (κ1) is 14.3. The number of aryl methyl sites for hydroxylation is 2. The van der Waals surface area contributed by atoms with Crippen molar-refractivity contribution in [2.45, 2.75) is 13.5 Å². The summed E-state index contributed by atoms with van der Waals surface area (Å²) in [6.07, 6.45) is 1.65. The zero-order valence-electron chi connectivity index (χ0n) is 11.5. The Hall–Kier alpha value is -1.66. The van der Waals surface area contributed by atoms with Gasteiger partial charge in [0, 0.05) is 11.5 Å². The molecular weight excluding hydrogens is 356 g/mol. The Bertz CT molecular complexity index is 818. The van der Waals surface area contributed by atoms with E-state index >= 15 is 0 Å². The highest BCUT2D eigenvalue weighted by atomic mass is 79.9. The quantitative estimate of drug-likeness (QED) is 0.663. The third-order valence-corrected chi connectivity index (χ3v) is 3.88. The highest BCUT2D eigenvalue weighted by Gasteiger charge is 2.11. The highest BCUT2D eigenvalue weighted by Crippen LogP contribution is 2.24. The van der Waals surface area contributed by atoms with Gasteiger partial charge in [0.15, 0.2) is 11.5 Å². The molecule has 0 aliphatic rings. The van der Waals surface area contributed by atoms with E-state index in [1.54, 1.807) is 10.9 Å². The van der Waals surface area contributed by atoms with Crippen molar-refractivity contribution in [3.05, 3.63) is 45.4 Å². The summed E-state index contributed by atoms with van der Waals surface area (Å²) < 4.78 is 8.41. The van der Waals surface area contributed by atoms with E-state index in [9.17, 15) is 0 Å². The van der Waals surface area contributed by atoms with Gasteiger partial charge in [-0.1, -0.05) is 33.6 Å². The molecule has 0 aliphatic heterocycles. The number of fused-ring (bicyclic) bond motifs is 1. The summed E-state index contributed by atoms with van der Waals surface area (Å²) in [4.78, 5) is 8.68. The van der Waals surface area contributed by atoms with E-state index in [1.807, 2.05) is 32.2 Å². The minimum absolute atomic E-state index is 0.248. The van der Waals surface area contributed by atoms with Crippen LogP contribution in [0.5, 0.6) is 5.75 Å². The summed E-state index contributed by atoms with van der Waals surface area (Å²) in [6.45, 7) is 2.23. The first-order valence-corrected chi connectivity index (χ1v) is 7.45. The lowest BCUT2D eigenvalue weighted by atomic mass is 10.2. The second kappa shape index (κ2) is 5.61. The van der Waals surface area contributed by atoms with Crippen molar-refractivity contribution in [1.29, 1.82) is 0 Å². The third kappa shape index (κ3) is 2.87. The molecule has 0 atom stereocenters. The monoisotopic (exact) mass is 366 g/mol. The molecule has 2 heterocycles. The molecule has 0 spiro atoms. The molecule has 0 amide bonds. The van der Waals surface area contributed by atoms with Crippen LogP contribution in [0.15, 0.2) is 28.9 Å². The Morgan fingerprint density at radius 3 is 2.95 bits per heavy atom. The lowest BCUT2D eigenvalue weighted by molar-refractivity contribution is 0.294. The molecule has 1 aromatic carbocycles. The first-order valence-electron chi connectivity index (χ1n) is 6.27. The fraction of sp³-hybridized carbons (Fsp3) is 0.214. The van der Waals surface area contributed by atoms with Gasteiger partial charge in [-0.15, -0.1) is 0 Å². The molecule has 3 aromatic rings. The maximum Gasteiger partial charge on any atom is 0.170 e. The van der Waals surface area contributed by atoms with Gasteiger partial charge in [0.1, 0.15) is 17.5 Å². The average Bonchev–Trinajstić information content (AvgIpc) is 2.82. The van der Waals surface area contributed by atoms with Gasteiger partial charge >= 0.3 is 0 Å². The van der Waals surface area contributed by atoms with Gasteiger partial charge < -0.3 is 4.74 Å². The summed E-state index contributed by atoms with van der Waals surface area (Å²) >= 11 is 9.57. The van der Waals surface area contributed by atoms with Crippen molar-refractivity contribution < 1.29 is 4.74 Å². The number of aromatic nitrogens is 4. The Morgan fingerprint density at radius 2 is 2.14 bits per heavy atom. The van der Waals surface area contributed by atoms with E-state index in [0.717, 1.165) is 21.2 Å². The highest BCUT2D eigenvalue weighted by molar-refractivity contribution is 9.10. The fourth-order valence-electron chi connectivity index (χ4n) is 1.97. The topological polar surface area (TPSA) is 52.8 Å². The number of rotatable bonds is 3. The van der Waals surface area contributed by atoms with E-state index in [2.05, 4.69) is 31.0 Å². The molecule has 3 rings (SSSR count). The van der Waals surface area contributed by atoms with Crippen LogP contribution in [0.1, 0.15) is 11.4 Å². The Labute approximate surface area is 135 Å². The summed E-state index contributed by atoms with van der Waals surface area (Å²) in [5, 5.41) is 5.25. The zero-order chi connectivity index (χ0) is 15.0. The van der Waals surface area contributed by atoms with Gasteiger partial charge in [0.2, 0.25) is 0 Å². The molecule has 108 valence electrons. The molecule has 0 radical (unpaired) electrons. The number of hydrogen-bond donors (Lipinski definition) is 0. The minimum Gasteiger partial charge on any atom is -0.485 e. The van der Waals surface area contributed by atoms with E-state index in [0.29, 0.717) is 16.6 Å². The number of halogens is 2. The zero-order valence-corrected chi connectivity index (χ0v) is 13.8. The molecule has 0 saturated heterocycles. The molecule has 0 saturated carbocycles. The van der Waals surface area contributed by atoms with Crippen LogP contribution in [0.2, 0.25) is 5.15 Å². The fourth-order valence-corrected chi connectivity index (χ4v) is 2.54. The number of benzene rings is 1. The van der Waals surface area contributed by atoms with Crippen LogP contribution in [0, 0.1) is 6.92 Å². The van der Waals surface area contributed by atoms with Gasteiger partial charge in [0.25, 0.3) is 0 Å². The average molecular weight is 368 g/mol. The summed E-state index contributed by atoms with van der Waals surface area (Å²) in [7, 11) is 1.81. The largest absolute Gasteiger partial charge is 0.485 e. The van der Waals surface area contributed by atoms with Gasteiger partial charge in [-0.2, -0.15) is 5.10 Å². The number of nitrogens with zero attached hydrogens (tertiary/aromatic N) is 4. The molecule has 0 N–H and O–H groups in total. The van der Waals surface area contributed by atoms with E-state index in [1.165, 1.54) is 0 Å². The standard InChI is InChI=1S/C14H12BrClN4O/c1-8-3-4-9(15)5-11(8)21-7-12-18-13(16)10-6-17-20(2)14(10)19-12/h3-6H,7H2,1-2H3. The first-order chi connectivity index (χ1) is 10.0. The van der Waals surface area contributed by atoms with Crippen LogP contribution in [-0.4, -0.2) is 19.7 Å². The molecule has 0 aliphatic carbocycles. The van der Waals surface area contributed by atoms with Gasteiger partial charge in [-0.3, -0.25) is 4.68 Å². The van der Waals surface area contributed by atoms with Crippen LogP contribution in [-0.2, 0) is 13.7 Å². The van der Waals surface area contributed by atoms with Crippen LogP contribution in [0.3, 0.4) is 0 Å². The number of hydrogen-bond acceptors (Lipinski definition) is 4. The smallest absolute Gasteiger partial charge is 0.170 e. The minimum atomic E-state index is 0.248. The molecule has 0 unspecified atom stereocenters. The van der Waals surface area contributed by atoms with E-state index < -0.39 is 0 Å². The SMILES string of the molecule is Cc1ccc(Br)cc1OCc1nc(Cl)c2cnn(C)c2n1. The Balaban J connectivity index is 1.88. The van der Waals surface area contributed by atoms with Crippen molar-refractivity contribution in [2.24, 2.45) is 7.05 Å². The Morgan fingerprint density at radius 1 is 1.33 bits per heavy atom. The van der Waals surface area contributed by atoms with E-state index in [-0.39, 0.29) is 6.61 Å². The molecular formula is C14H12BrClN4O. The molecule has 7 heteroatoms. The molecule has 0 fully saturated rings. The van der Waals surface area contributed by atoms with Crippen LogP contribution in [0.4, 0.5) is 0 Å².